The molecule has 0 spiro atoms. The number of methoxy groups -OCH3 is 2. The van der Waals surface area contributed by atoms with Crippen LogP contribution in [0.2, 0.25) is 0 Å². The van der Waals surface area contributed by atoms with E-state index in [0.717, 1.165) is 16.7 Å². The molecule has 0 radical (unpaired) electrons. The number of benzene rings is 2. The number of amides is 1. The van der Waals surface area contributed by atoms with Gasteiger partial charge >= 0.3 is 0 Å². The zero-order valence-corrected chi connectivity index (χ0v) is 17.0. The molecule has 1 aliphatic rings. The minimum Gasteiger partial charge on any atom is -0.493 e. The van der Waals surface area contributed by atoms with Gasteiger partial charge in [-0.15, -0.1) is 0 Å². The number of carbonyl (C=O) groups excluding carboxylic acids is 1. The van der Waals surface area contributed by atoms with Crippen molar-refractivity contribution < 1.29 is 19.0 Å². The molecule has 2 aromatic rings. The van der Waals surface area contributed by atoms with E-state index >= 15 is 0 Å². The molecule has 152 valence electrons. The molecular formula is C24H27NO4. The molecule has 1 aliphatic heterocycles. The Hall–Kier alpha value is -3.05. The maximum absolute atomic E-state index is 12.6. The van der Waals surface area contributed by atoms with Crippen LogP contribution in [0.4, 0.5) is 0 Å². The fourth-order valence-corrected chi connectivity index (χ4v) is 3.19. The molecule has 1 fully saturated rings. The van der Waals surface area contributed by atoms with Crippen LogP contribution in [0.1, 0.15) is 17.5 Å². The van der Waals surface area contributed by atoms with E-state index in [2.05, 4.69) is 0 Å². The minimum absolute atomic E-state index is 0.111. The van der Waals surface area contributed by atoms with E-state index in [1.54, 1.807) is 14.2 Å². The quantitative estimate of drug-likeness (QED) is 0.666. The first-order valence-electron chi connectivity index (χ1n) is 9.72. The van der Waals surface area contributed by atoms with E-state index in [0.29, 0.717) is 44.2 Å². The van der Waals surface area contributed by atoms with Crippen LogP contribution in [0.5, 0.6) is 11.5 Å². The molecule has 0 bridgehead atoms. The van der Waals surface area contributed by atoms with E-state index in [-0.39, 0.29) is 5.91 Å². The van der Waals surface area contributed by atoms with Gasteiger partial charge in [0.2, 0.25) is 5.91 Å². The average Bonchev–Trinajstić information content (AvgIpc) is 2.79. The lowest BCUT2D eigenvalue weighted by Crippen LogP contribution is -2.40. The summed E-state index contributed by atoms with van der Waals surface area (Å²) in [6.45, 7) is 2.51. The Labute approximate surface area is 172 Å². The van der Waals surface area contributed by atoms with Crippen LogP contribution < -0.4 is 9.47 Å². The van der Waals surface area contributed by atoms with Crippen molar-refractivity contribution in [2.75, 3.05) is 40.5 Å². The molecule has 5 heteroatoms. The predicted molar refractivity (Wildman–Crippen MR) is 115 cm³/mol. The van der Waals surface area contributed by atoms with Crippen LogP contribution in [0, 0.1) is 0 Å². The highest BCUT2D eigenvalue weighted by Crippen LogP contribution is 2.31. The second-order valence-corrected chi connectivity index (χ2v) is 6.67. The molecule has 29 heavy (non-hydrogen) atoms. The molecule has 1 amide bonds. The average molecular weight is 393 g/mol. The van der Waals surface area contributed by atoms with Crippen LogP contribution in [0.25, 0.3) is 11.6 Å². The van der Waals surface area contributed by atoms with Gasteiger partial charge in [0, 0.05) is 19.5 Å². The number of allylic oxidation sites excluding steroid dienone is 2. The molecule has 1 saturated heterocycles. The van der Waals surface area contributed by atoms with E-state index in [9.17, 15) is 4.79 Å². The van der Waals surface area contributed by atoms with Crippen molar-refractivity contribution >= 4 is 17.6 Å². The molecule has 0 N–H and O–H groups in total. The van der Waals surface area contributed by atoms with Gasteiger partial charge in [-0.05, 0) is 28.8 Å². The Kier molecular flexibility index (Phi) is 7.47. The van der Waals surface area contributed by atoms with Crippen molar-refractivity contribution in [2.45, 2.75) is 6.42 Å². The lowest BCUT2D eigenvalue weighted by atomic mass is 10.0. The summed E-state index contributed by atoms with van der Waals surface area (Å²) in [6, 6.07) is 15.9. The van der Waals surface area contributed by atoms with Gasteiger partial charge < -0.3 is 19.1 Å². The largest absolute Gasteiger partial charge is 0.493 e. The van der Waals surface area contributed by atoms with Crippen LogP contribution >= 0.6 is 0 Å². The molecule has 0 aliphatic carbocycles. The summed E-state index contributed by atoms with van der Waals surface area (Å²) in [5, 5.41) is 0. The molecule has 5 nitrogen and oxygen atoms in total. The Morgan fingerprint density at radius 1 is 1.03 bits per heavy atom. The maximum Gasteiger partial charge on any atom is 0.226 e. The summed E-state index contributed by atoms with van der Waals surface area (Å²) in [5.41, 5.74) is 3.01. The zero-order valence-electron chi connectivity index (χ0n) is 17.0. The Bertz CT molecular complexity index is 868. The summed E-state index contributed by atoms with van der Waals surface area (Å²) >= 11 is 0. The predicted octanol–water partition coefficient (Wildman–Crippen LogP) is 4.05. The number of rotatable bonds is 7. The molecule has 0 saturated carbocycles. The van der Waals surface area contributed by atoms with Gasteiger partial charge in [-0.2, -0.15) is 0 Å². The standard InChI is InChI=1S/C24H27NO4/c1-27-22-12-10-21(18-23(22)28-2)20(9-8-19-6-4-3-5-7-19)11-13-24(26)25-14-16-29-17-15-25/h3-12,18H,13-17H2,1-2H3. The summed E-state index contributed by atoms with van der Waals surface area (Å²) in [4.78, 5) is 14.4. The van der Waals surface area contributed by atoms with Crippen LogP contribution in [-0.2, 0) is 9.53 Å². The van der Waals surface area contributed by atoms with Crippen molar-refractivity contribution in [3.05, 3.63) is 71.8 Å². The fraction of sp³-hybridized carbons (Fsp3) is 0.292. The SMILES string of the molecule is COc1ccc(C(C=Cc2ccccc2)=CCC(=O)N2CCOCC2)cc1OC. The Morgan fingerprint density at radius 2 is 1.76 bits per heavy atom. The van der Waals surface area contributed by atoms with E-state index in [4.69, 9.17) is 14.2 Å². The molecule has 0 unspecified atom stereocenters. The summed E-state index contributed by atoms with van der Waals surface area (Å²) in [7, 11) is 3.23. The van der Waals surface area contributed by atoms with Crippen molar-refractivity contribution in [3.63, 3.8) is 0 Å². The van der Waals surface area contributed by atoms with Crippen molar-refractivity contribution in [1.29, 1.82) is 0 Å². The van der Waals surface area contributed by atoms with Gasteiger partial charge in [-0.3, -0.25) is 4.79 Å². The highest BCUT2D eigenvalue weighted by atomic mass is 16.5. The van der Waals surface area contributed by atoms with Crippen molar-refractivity contribution in [2.24, 2.45) is 0 Å². The van der Waals surface area contributed by atoms with Gasteiger partial charge in [0.25, 0.3) is 0 Å². The highest BCUT2D eigenvalue weighted by Gasteiger charge is 2.16. The van der Waals surface area contributed by atoms with E-state index in [1.165, 1.54) is 0 Å². The Morgan fingerprint density at radius 3 is 2.45 bits per heavy atom. The zero-order chi connectivity index (χ0) is 20.5. The number of hydrogen-bond donors (Lipinski definition) is 0. The number of hydrogen-bond acceptors (Lipinski definition) is 4. The first-order chi connectivity index (χ1) is 14.2. The van der Waals surface area contributed by atoms with Gasteiger partial charge in [0.05, 0.1) is 27.4 Å². The number of ether oxygens (including phenoxy) is 3. The first-order valence-corrected chi connectivity index (χ1v) is 9.72. The third kappa shape index (κ3) is 5.72. The van der Waals surface area contributed by atoms with Gasteiger partial charge in [-0.25, -0.2) is 0 Å². The van der Waals surface area contributed by atoms with Crippen molar-refractivity contribution in [1.82, 2.24) is 4.90 Å². The highest BCUT2D eigenvalue weighted by molar-refractivity contribution is 5.85. The minimum atomic E-state index is 0.111. The molecular weight excluding hydrogens is 366 g/mol. The lowest BCUT2D eigenvalue weighted by molar-refractivity contribution is -0.134. The smallest absolute Gasteiger partial charge is 0.226 e. The molecule has 2 aromatic carbocycles. The van der Waals surface area contributed by atoms with Crippen LogP contribution in [-0.4, -0.2) is 51.3 Å². The molecule has 0 aromatic heterocycles. The third-order valence-corrected chi connectivity index (χ3v) is 4.83. The Balaban J connectivity index is 1.86. The fourth-order valence-electron chi connectivity index (χ4n) is 3.19. The molecule has 0 atom stereocenters. The van der Waals surface area contributed by atoms with Crippen LogP contribution in [0.15, 0.2) is 60.7 Å². The van der Waals surface area contributed by atoms with Crippen molar-refractivity contribution in [3.8, 4) is 11.5 Å². The topological polar surface area (TPSA) is 48.0 Å². The second kappa shape index (κ2) is 10.5. The summed E-state index contributed by atoms with van der Waals surface area (Å²) < 4.78 is 16.1. The maximum atomic E-state index is 12.6. The summed E-state index contributed by atoms with van der Waals surface area (Å²) in [5.74, 6) is 1.44. The second-order valence-electron chi connectivity index (χ2n) is 6.67. The summed E-state index contributed by atoms with van der Waals surface area (Å²) in [6.07, 6.45) is 6.38. The monoisotopic (exact) mass is 393 g/mol. The molecule has 3 rings (SSSR count). The number of carbonyl (C=O) groups is 1. The van der Waals surface area contributed by atoms with E-state index in [1.807, 2.05) is 71.7 Å². The normalized spacial score (nSPS) is 14.8. The number of nitrogens with zero attached hydrogens (tertiary/aromatic N) is 1. The van der Waals surface area contributed by atoms with Gasteiger partial charge in [0.1, 0.15) is 0 Å². The van der Waals surface area contributed by atoms with Crippen LogP contribution in [0.3, 0.4) is 0 Å². The molecule has 1 heterocycles. The third-order valence-electron chi connectivity index (χ3n) is 4.83. The number of morpholine rings is 1. The van der Waals surface area contributed by atoms with Gasteiger partial charge in [0.15, 0.2) is 11.5 Å². The lowest BCUT2D eigenvalue weighted by Gasteiger charge is -2.26. The first kappa shape index (κ1) is 20.7. The van der Waals surface area contributed by atoms with Gasteiger partial charge in [-0.1, -0.05) is 54.6 Å². The van der Waals surface area contributed by atoms with E-state index < -0.39 is 0 Å².